The van der Waals surface area contributed by atoms with Crippen molar-refractivity contribution >= 4 is 0 Å². The van der Waals surface area contributed by atoms with Crippen molar-refractivity contribution in [3.63, 3.8) is 0 Å². The van der Waals surface area contributed by atoms with Crippen molar-refractivity contribution in [2.24, 2.45) is 0 Å². The number of hydrogen-bond acceptors (Lipinski definition) is 2. The molecular weight excluding hydrogens is 184 g/mol. The third-order valence-corrected chi connectivity index (χ3v) is 2.67. The van der Waals surface area contributed by atoms with Crippen molar-refractivity contribution < 1.29 is 0 Å². The first kappa shape index (κ1) is 9.77. The maximum atomic E-state index is 8.37. The van der Waals surface area contributed by atoms with Crippen LogP contribution in [0.3, 0.4) is 0 Å². The van der Waals surface area contributed by atoms with Crippen LogP contribution in [0.2, 0.25) is 0 Å². The predicted octanol–water partition coefficient (Wildman–Crippen LogP) is 1.55. The van der Waals surface area contributed by atoms with Crippen LogP contribution in [0.4, 0.5) is 0 Å². The molecule has 0 saturated carbocycles. The van der Waals surface area contributed by atoms with Crippen molar-refractivity contribution in [2.45, 2.75) is 13.0 Å². The summed E-state index contributed by atoms with van der Waals surface area (Å²) < 4.78 is 0. The Morgan fingerprint density at radius 1 is 1.33 bits per heavy atom. The van der Waals surface area contributed by atoms with Crippen molar-refractivity contribution in [3.8, 4) is 17.9 Å². The summed E-state index contributed by atoms with van der Waals surface area (Å²) >= 11 is 0. The summed E-state index contributed by atoms with van der Waals surface area (Å²) in [7, 11) is 2.13. The maximum Gasteiger partial charge on any atom is 0.152 e. The third-order valence-electron chi connectivity index (χ3n) is 2.67. The van der Waals surface area contributed by atoms with Crippen molar-refractivity contribution in [3.05, 3.63) is 34.9 Å². The van der Waals surface area contributed by atoms with E-state index in [4.69, 9.17) is 5.26 Å². The molecule has 0 aliphatic carbocycles. The predicted molar refractivity (Wildman–Crippen MR) is 59.0 cm³/mol. The Labute approximate surface area is 90.1 Å². The second kappa shape index (κ2) is 4.17. The van der Waals surface area contributed by atoms with Gasteiger partial charge in [-0.15, -0.1) is 0 Å². The van der Waals surface area contributed by atoms with Crippen molar-refractivity contribution in [1.29, 1.82) is 5.26 Å². The molecule has 1 heterocycles. The van der Waals surface area contributed by atoms with E-state index in [1.165, 1.54) is 11.1 Å². The van der Waals surface area contributed by atoms with Crippen LogP contribution < -0.4 is 0 Å². The lowest BCUT2D eigenvalue weighted by molar-refractivity contribution is 0.313. The van der Waals surface area contributed by atoms with Crippen LogP contribution in [-0.4, -0.2) is 18.5 Å². The van der Waals surface area contributed by atoms with Gasteiger partial charge in [-0.1, -0.05) is 12.0 Å². The minimum Gasteiger partial charge on any atom is -0.302 e. The van der Waals surface area contributed by atoms with Crippen LogP contribution in [0.15, 0.2) is 18.2 Å². The van der Waals surface area contributed by atoms with E-state index in [0.717, 1.165) is 25.1 Å². The average Bonchev–Trinajstić information content (AvgIpc) is 2.26. The Balaban J connectivity index is 2.31. The lowest BCUT2D eigenvalue weighted by Gasteiger charge is -2.24. The van der Waals surface area contributed by atoms with E-state index in [0.29, 0.717) is 0 Å². The van der Waals surface area contributed by atoms with Gasteiger partial charge in [0.25, 0.3) is 0 Å². The Kier molecular flexibility index (Phi) is 2.72. The quantitative estimate of drug-likeness (QED) is 0.589. The van der Waals surface area contributed by atoms with Gasteiger partial charge in [-0.05, 0) is 36.7 Å². The number of benzene rings is 1. The van der Waals surface area contributed by atoms with Gasteiger partial charge < -0.3 is 4.90 Å². The van der Waals surface area contributed by atoms with Crippen LogP contribution in [0, 0.1) is 23.2 Å². The molecule has 2 nitrogen and oxygen atoms in total. The minimum absolute atomic E-state index is 0.944. The summed E-state index contributed by atoms with van der Waals surface area (Å²) in [4.78, 5) is 2.31. The maximum absolute atomic E-state index is 8.37. The summed E-state index contributed by atoms with van der Waals surface area (Å²) in [6.07, 6.45) is 1.08. The summed E-state index contributed by atoms with van der Waals surface area (Å²) in [5, 5.41) is 8.37. The molecule has 15 heavy (non-hydrogen) atoms. The molecule has 0 atom stereocenters. The molecular formula is C13H12N2. The Morgan fingerprint density at radius 3 is 3.00 bits per heavy atom. The molecule has 0 amide bonds. The standard InChI is InChI=1S/C13H12N2/c1-15-8-6-12-9-11(3-2-7-14)4-5-13(12)10-15/h4-5,9H,6,8,10H2,1H3. The van der Waals surface area contributed by atoms with Gasteiger partial charge in [0.1, 0.15) is 0 Å². The molecule has 0 bridgehead atoms. The molecule has 0 spiro atoms. The highest BCUT2D eigenvalue weighted by atomic mass is 15.1. The third kappa shape index (κ3) is 2.18. The summed E-state index contributed by atoms with van der Waals surface area (Å²) in [6, 6.07) is 8.04. The molecule has 0 aromatic heterocycles. The highest BCUT2D eigenvalue weighted by Gasteiger charge is 2.12. The second-order valence-electron chi connectivity index (χ2n) is 3.83. The average molecular weight is 196 g/mol. The molecule has 0 fully saturated rings. The van der Waals surface area contributed by atoms with Gasteiger partial charge in [-0.2, -0.15) is 5.26 Å². The molecule has 2 heteroatoms. The molecule has 0 radical (unpaired) electrons. The van der Waals surface area contributed by atoms with Crippen molar-refractivity contribution in [1.82, 2.24) is 4.90 Å². The first-order valence-electron chi connectivity index (χ1n) is 5.00. The van der Waals surface area contributed by atoms with Crippen LogP contribution in [0.25, 0.3) is 0 Å². The number of nitrogens with zero attached hydrogens (tertiary/aromatic N) is 2. The van der Waals surface area contributed by atoms with Gasteiger partial charge in [0.05, 0.1) is 0 Å². The van der Waals surface area contributed by atoms with E-state index < -0.39 is 0 Å². The lowest BCUT2D eigenvalue weighted by atomic mass is 9.98. The molecule has 1 aliphatic heterocycles. The number of likely N-dealkylation sites (N-methyl/N-ethyl adjacent to an activating group) is 1. The van der Waals surface area contributed by atoms with E-state index in [1.54, 1.807) is 0 Å². The fraction of sp³-hybridized carbons (Fsp3) is 0.308. The lowest BCUT2D eigenvalue weighted by Crippen LogP contribution is -2.26. The van der Waals surface area contributed by atoms with E-state index in [-0.39, 0.29) is 0 Å². The zero-order valence-electron chi connectivity index (χ0n) is 8.75. The largest absolute Gasteiger partial charge is 0.302 e. The van der Waals surface area contributed by atoms with Crippen LogP contribution >= 0.6 is 0 Å². The highest BCUT2D eigenvalue weighted by Crippen LogP contribution is 2.18. The number of hydrogen-bond donors (Lipinski definition) is 0. The highest BCUT2D eigenvalue weighted by molar-refractivity contribution is 5.43. The van der Waals surface area contributed by atoms with Crippen LogP contribution in [-0.2, 0) is 13.0 Å². The fourth-order valence-electron chi connectivity index (χ4n) is 1.87. The van der Waals surface area contributed by atoms with Gasteiger partial charge in [0, 0.05) is 24.6 Å². The summed E-state index contributed by atoms with van der Waals surface area (Å²) in [6.45, 7) is 2.11. The number of rotatable bonds is 0. The number of fused-ring (bicyclic) bond motifs is 1. The summed E-state index contributed by atoms with van der Waals surface area (Å²) in [5.41, 5.74) is 3.70. The molecule has 1 aliphatic rings. The molecule has 1 aromatic rings. The monoisotopic (exact) mass is 196 g/mol. The molecule has 0 N–H and O–H groups in total. The van der Waals surface area contributed by atoms with Gasteiger partial charge in [-0.25, -0.2) is 0 Å². The van der Waals surface area contributed by atoms with E-state index >= 15 is 0 Å². The van der Waals surface area contributed by atoms with Gasteiger partial charge >= 0.3 is 0 Å². The van der Waals surface area contributed by atoms with Gasteiger partial charge in [0.15, 0.2) is 6.07 Å². The molecule has 1 aromatic carbocycles. The number of nitriles is 1. The van der Waals surface area contributed by atoms with Crippen molar-refractivity contribution in [2.75, 3.05) is 13.6 Å². The van der Waals surface area contributed by atoms with Crippen LogP contribution in [0.5, 0.6) is 0 Å². The first-order chi connectivity index (χ1) is 7.29. The second-order valence-corrected chi connectivity index (χ2v) is 3.83. The van der Waals surface area contributed by atoms with E-state index in [9.17, 15) is 0 Å². The topological polar surface area (TPSA) is 27.0 Å². The molecule has 0 unspecified atom stereocenters. The van der Waals surface area contributed by atoms with Gasteiger partial charge in [0.2, 0.25) is 0 Å². The Hall–Kier alpha value is -1.77. The zero-order chi connectivity index (χ0) is 10.7. The van der Waals surface area contributed by atoms with E-state index in [2.05, 4.69) is 35.9 Å². The molecule has 74 valence electrons. The van der Waals surface area contributed by atoms with Crippen LogP contribution in [0.1, 0.15) is 16.7 Å². The Bertz CT molecular complexity index is 472. The van der Waals surface area contributed by atoms with Gasteiger partial charge in [-0.3, -0.25) is 0 Å². The Morgan fingerprint density at radius 2 is 2.20 bits per heavy atom. The zero-order valence-corrected chi connectivity index (χ0v) is 8.75. The molecule has 2 rings (SSSR count). The smallest absolute Gasteiger partial charge is 0.152 e. The van der Waals surface area contributed by atoms with E-state index in [1.807, 2.05) is 12.1 Å². The first-order valence-corrected chi connectivity index (χ1v) is 5.00. The SMILES string of the molecule is CN1CCc2cc(C#CC#N)ccc2C1. The molecule has 0 saturated heterocycles. The minimum atomic E-state index is 0.944. The fourth-order valence-corrected chi connectivity index (χ4v) is 1.87. The normalized spacial score (nSPS) is 14.7. The summed E-state index contributed by atoms with van der Waals surface area (Å²) in [5.74, 6) is 5.26.